The van der Waals surface area contributed by atoms with E-state index in [1.54, 1.807) is 30.2 Å². The van der Waals surface area contributed by atoms with Gasteiger partial charge in [-0.15, -0.1) is 0 Å². The van der Waals surface area contributed by atoms with E-state index in [9.17, 15) is 13.2 Å². The summed E-state index contributed by atoms with van der Waals surface area (Å²) >= 11 is 0. The van der Waals surface area contributed by atoms with Crippen molar-refractivity contribution in [2.24, 2.45) is 5.92 Å². The highest BCUT2D eigenvalue weighted by molar-refractivity contribution is 7.91. The van der Waals surface area contributed by atoms with Crippen LogP contribution in [0, 0.1) is 5.92 Å². The maximum atomic E-state index is 13.8. The van der Waals surface area contributed by atoms with E-state index in [1.807, 2.05) is 30.3 Å². The normalized spacial score (nSPS) is 14.6. The highest BCUT2D eigenvalue weighted by Crippen LogP contribution is 2.31. The molecule has 0 atom stereocenters. The van der Waals surface area contributed by atoms with E-state index >= 15 is 0 Å². The zero-order chi connectivity index (χ0) is 31.5. The fourth-order valence-corrected chi connectivity index (χ4v) is 6.98. The molecule has 1 fully saturated rings. The largest absolute Gasteiger partial charge is 0.497 e. The average Bonchev–Trinajstić information content (AvgIpc) is 3.38. The van der Waals surface area contributed by atoms with Crippen LogP contribution in [0.15, 0.2) is 70.6 Å². The Morgan fingerprint density at radius 3 is 2.41 bits per heavy atom. The number of sulfone groups is 1. The molecule has 1 saturated heterocycles. The molecule has 9 nitrogen and oxygen atoms in total. The van der Waals surface area contributed by atoms with Crippen LogP contribution in [-0.4, -0.2) is 60.6 Å². The molecule has 1 aliphatic rings. The molecule has 2 aromatic carbocycles. The van der Waals surface area contributed by atoms with Gasteiger partial charge in [0.15, 0.2) is 0 Å². The van der Waals surface area contributed by atoms with Crippen LogP contribution in [0.4, 0.5) is 0 Å². The minimum absolute atomic E-state index is 0.0659. The number of hydrogen-bond donors (Lipinski definition) is 0. The number of carbonyl (C=O) groups is 1. The third-order valence-corrected chi connectivity index (χ3v) is 9.95. The Kier molecular flexibility index (Phi) is 9.41. The molecule has 0 aliphatic carbocycles. The molecule has 44 heavy (non-hydrogen) atoms. The summed E-state index contributed by atoms with van der Waals surface area (Å²) in [7, 11) is -2.21. The van der Waals surface area contributed by atoms with Gasteiger partial charge in [0.25, 0.3) is 0 Å². The topological polar surface area (TPSA) is 104 Å². The summed E-state index contributed by atoms with van der Waals surface area (Å²) in [6, 6.07) is 16.0. The van der Waals surface area contributed by atoms with Gasteiger partial charge >= 0.3 is 0 Å². The number of imidazole rings is 1. The van der Waals surface area contributed by atoms with Gasteiger partial charge in [-0.2, -0.15) is 0 Å². The lowest BCUT2D eigenvalue weighted by atomic mass is 9.94. The summed E-state index contributed by atoms with van der Waals surface area (Å²) < 4.78 is 40.7. The second-order valence-electron chi connectivity index (χ2n) is 12.5. The smallest absolute Gasteiger partial charge is 0.219 e. The Hall–Kier alpha value is -3.76. The lowest BCUT2D eigenvalue weighted by Gasteiger charge is -2.26. The summed E-state index contributed by atoms with van der Waals surface area (Å²) in [4.78, 5) is 23.8. The lowest BCUT2D eigenvalue weighted by molar-refractivity contribution is -0.129. The number of rotatable bonds is 10. The first-order valence-corrected chi connectivity index (χ1v) is 16.6. The maximum Gasteiger partial charge on any atom is 0.219 e. The summed E-state index contributed by atoms with van der Waals surface area (Å²) in [5.41, 5.74) is 2.99. The van der Waals surface area contributed by atoms with Crippen molar-refractivity contribution in [1.29, 1.82) is 0 Å². The molecule has 5 rings (SSSR count). The molecule has 234 valence electrons. The Labute approximate surface area is 260 Å². The number of methoxy groups -OCH3 is 1. The zero-order valence-electron chi connectivity index (χ0n) is 26.2. The molecule has 10 heteroatoms. The van der Waals surface area contributed by atoms with Gasteiger partial charge in [0.2, 0.25) is 15.7 Å². The Balaban J connectivity index is 1.36. The summed E-state index contributed by atoms with van der Waals surface area (Å²) in [6.45, 7) is 11.2. The first-order chi connectivity index (χ1) is 21.0. The Morgan fingerprint density at radius 2 is 1.75 bits per heavy atom. The van der Waals surface area contributed by atoms with Crippen LogP contribution >= 0.6 is 0 Å². The van der Waals surface area contributed by atoms with Crippen LogP contribution in [-0.2, 0) is 44.3 Å². The first-order valence-electron chi connectivity index (χ1n) is 15.1. The second kappa shape index (κ2) is 13.1. The number of amides is 1. The van der Waals surface area contributed by atoms with Crippen molar-refractivity contribution < 1.29 is 22.7 Å². The number of aromatic nitrogens is 3. The Morgan fingerprint density at radius 1 is 1.05 bits per heavy atom. The van der Waals surface area contributed by atoms with E-state index in [0.29, 0.717) is 36.6 Å². The van der Waals surface area contributed by atoms with E-state index < -0.39 is 9.84 Å². The molecule has 0 saturated carbocycles. The van der Waals surface area contributed by atoms with Gasteiger partial charge in [-0.3, -0.25) is 9.78 Å². The van der Waals surface area contributed by atoms with Crippen molar-refractivity contribution in [2.45, 2.75) is 75.3 Å². The van der Waals surface area contributed by atoms with Crippen molar-refractivity contribution in [3.05, 3.63) is 77.9 Å². The predicted octanol–water partition coefficient (Wildman–Crippen LogP) is 5.59. The summed E-state index contributed by atoms with van der Waals surface area (Å²) in [5, 5.41) is 0. The van der Waals surface area contributed by atoms with Crippen LogP contribution in [0.1, 0.15) is 57.6 Å². The fourth-order valence-electron chi connectivity index (χ4n) is 5.67. The molecule has 0 spiro atoms. The molecule has 2 aromatic heterocycles. The molecular weight excluding hydrogens is 576 g/mol. The lowest BCUT2D eigenvalue weighted by Crippen LogP contribution is -2.30. The van der Waals surface area contributed by atoms with Gasteiger partial charge in [0.1, 0.15) is 11.6 Å². The average molecular weight is 619 g/mol. The van der Waals surface area contributed by atoms with Crippen LogP contribution in [0.3, 0.4) is 0 Å². The van der Waals surface area contributed by atoms with E-state index in [-0.39, 0.29) is 21.1 Å². The fraction of sp³-hybridized carbons (Fsp3) is 0.441. The van der Waals surface area contributed by atoms with E-state index in [0.717, 1.165) is 55.3 Å². The third-order valence-electron chi connectivity index (χ3n) is 8.20. The van der Waals surface area contributed by atoms with E-state index in [4.69, 9.17) is 14.5 Å². The number of pyridine rings is 1. The second-order valence-corrected chi connectivity index (χ2v) is 14.5. The van der Waals surface area contributed by atoms with Crippen LogP contribution < -0.4 is 4.74 Å². The number of ether oxygens (including phenoxy) is 2. The molecule has 1 amide bonds. The number of hydrogen-bond acceptors (Lipinski definition) is 7. The van der Waals surface area contributed by atoms with Crippen LogP contribution in [0.25, 0.3) is 11.0 Å². The van der Waals surface area contributed by atoms with Crippen molar-refractivity contribution in [2.75, 3.05) is 26.9 Å². The highest BCUT2D eigenvalue weighted by atomic mass is 32.2. The van der Waals surface area contributed by atoms with Crippen LogP contribution in [0.5, 0.6) is 5.75 Å². The van der Waals surface area contributed by atoms with E-state index in [1.165, 1.54) is 19.2 Å². The van der Waals surface area contributed by atoms with Crippen molar-refractivity contribution in [3.63, 3.8) is 0 Å². The zero-order valence-corrected chi connectivity index (χ0v) is 27.1. The molecule has 0 N–H and O–H groups in total. The third kappa shape index (κ3) is 7.13. The molecular formula is C34H42N4O5S. The first kappa shape index (κ1) is 31.7. The SMILES string of the molecule is COc1ccc(CN(CCc2cc(S(=O)(=O)c3ccc4c(c3)nc(C(C)(C)C)n4CC3CCOCC3)ccn2)C(C)=O)cc1. The molecule has 1 aliphatic heterocycles. The number of fused-ring (bicyclic) bond motifs is 1. The van der Waals surface area contributed by atoms with Gasteiger partial charge in [0.05, 0.1) is 27.9 Å². The molecule has 0 unspecified atom stereocenters. The Bertz CT molecular complexity index is 1720. The van der Waals surface area contributed by atoms with Gasteiger partial charge < -0.3 is 18.9 Å². The van der Waals surface area contributed by atoms with Gasteiger partial charge in [-0.1, -0.05) is 32.9 Å². The number of nitrogens with zero attached hydrogens (tertiary/aromatic N) is 4. The van der Waals surface area contributed by atoms with E-state index in [2.05, 4.69) is 30.3 Å². The maximum absolute atomic E-state index is 13.8. The standard InChI is InChI=1S/C34H42N4O5S/c1-24(39)37(22-25-6-8-28(42-5)9-7-25)17-13-27-20-30(12-16-35-27)44(40,41)29-10-11-32-31(21-29)36-33(34(2,3)4)38(32)23-26-14-18-43-19-15-26/h6-12,16,20-21,26H,13-15,17-19,22-23H2,1-5H3. The van der Waals surface area contributed by atoms with Gasteiger partial charge in [-0.25, -0.2) is 13.4 Å². The van der Waals surface area contributed by atoms with Crippen molar-refractivity contribution in [3.8, 4) is 5.75 Å². The minimum Gasteiger partial charge on any atom is -0.497 e. The highest BCUT2D eigenvalue weighted by Gasteiger charge is 2.27. The predicted molar refractivity (Wildman–Crippen MR) is 169 cm³/mol. The van der Waals surface area contributed by atoms with Gasteiger partial charge in [0, 0.05) is 63.5 Å². The quantitative estimate of drug-likeness (QED) is 0.228. The summed E-state index contributed by atoms with van der Waals surface area (Å²) in [6.07, 6.45) is 3.95. The van der Waals surface area contributed by atoms with Crippen molar-refractivity contribution in [1.82, 2.24) is 19.4 Å². The molecule has 3 heterocycles. The monoisotopic (exact) mass is 618 g/mol. The summed E-state index contributed by atoms with van der Waals surface area (Å²) in [5.74, 6) is 2.13. The minimum atomic E-state index is -3.83. The number of carbonyl (C=O) groups excluding carboxylic acids is 1. The van der Waals surface area contributed by atoms with Crippen LogP contribution in [0.2, 0.25) is 0 Å². The molecule has 4 aromatic rings. The number of benzene rings is 2. The van der Waals surface area contributed by atoms with Gasteiger partial charge in [-0.05, 0) is 66.8 Å². The molecule has 0 radical (unpaired) electrons. The molecule has 0 bridgehead atoms. The van der Waals surface area contributed by atoms with Crippen molar-refractivity contribution >= 4 is 26.8 Å².